The third-order valence-electron chi connectivity index (χ3n) is 4.40. The summed E-state index contributed by atoms with van der Waals surface area (Å²) >= 11 is 1.29. The van der Waals surface area contributed by atoms with Gasteiger partial charge in [-0.15, -0.1) is 11.3 Å². The Hall–Kier alpha value is -3.26. The Morgan fingerprint density at radius 3 is 2.75 bits per heavy atom. The third-order valence-corrected chi connectivity index (χ3v) is 5.26. The van der Waals surface area contributed by atoms with E-state index >= 15 is 0 Å². The van der Waals surface area contributed by atoms with Gasteiger partial charge in [0.25, 0.3) is 0 Å². The number of aliphatic hydroxyl groups is 1. The van der Waals surface area contributed by atoms with Crippen LogP contribution in [0.5, 0.6) is 5.75 Å². The molecule has 1 aliphatic rings. The summed E-state index contributed by atoms with van der Waals surface area (Å²) in [5.41, 5.74) is 2.11. The molecule has 3 aromatic rings. The Morgan fingerprint density at radius 2 is 2.00 bits per heavy atom. The Balaban J connectivity index is 1.64. The molecule has 0 amide bonds. The van der Waals surface area contributed by atoms with Crippen molar-refractivity contribution in [3.05, 3.63) is 70.2 Å². The standard InChI is InChI=1S/C20H15F2N3O2S/c1-27-13-4-2-3-11(7-13)16-10-28-20(24-16)18-17(26)9-25(19(18)23)12-5-6-14(21)15(22)8-12/h2-8,10,23,26H,9H2,1H3. The van der Waals surface area contributed by atoms with Gasteiger partial charge in [-0.05, 0) is 24.3 Å². The van der Waals surface area contributed by atoms with Gasteiger partial charge in [0.1, 0.15) is 22.4 Å². The molecule has 5 nitrogen and oxygen atoms in total. The molecule has 0 spiro atoms. The molecule has 142 valence electrons. The van der Waals surface area contributed by atoms with Crippen LogP contribution >= 0.6 is 11.3 Å². The zero-order valence-corrected chi connectivity index (χ0v) is 15.6. The Labute approximate surface area is 163 Å². The number of hydrogen-bond acceptors (Lipinski definition) is 5. The van der Waals surface area contributed by atoms with Gasteiger partial charge in [-0.1, -0.05) is 12.1 Å². The van der Waals surface area contributed by atoms with Gasteiger partial charge in [-0.3, -0.25) is 5.41 Å². The molecule has 28 heavy (non-hydrogen) atoms. The van der Waals surface area contributed by atoms with E-state index in [0.29, 0.717) is 16.5 Å². The average Bonchev–Trinajstić information content (AvgIpc) is 3.28. The number of nitrogens with one attached hydrogen (secondary N) is 1. The summed E-state index contributed by atoms with van der Waals surface area (Å²) in [4.78, 5) is 5.94. The molecule has 2 heterocycles. The first-order valence-electron chi connectivity index (χ1n) is 8.32. The van der Waals surface area contributed by atoms with Crippen LogP contribution in [-0.4, -0.2) is 29.6 Å². The first-order valence-corrected chi connectivity index (χ1v) is 9.20. The van der Waals surface area contributed by atoms with E-state index in [2.05, 4.69) is 4.98 Å². The van der Waals surface area contributed by atoms with E-state index in [-0.39, 0.29) is 29.4 Å². The van der Waals surface area contributed by atoms with Crippen molar-refractivity contribution >= 4 is 28.4 Å². The molecular weight excluding hydrogens is 384 g/mol. The second kappa shape index (κ2) is 7.05. The molecule has 0 radical (unpaired) electrons. The SMILES string of the molecule is COc1cccc(-c2csc(C3=C(O)CN(c4ccc(F)c(F)c4)C3=N)n2)c1. The summed E-state index contributed by atoms with van der Waals surface area (Å²) in [6, 6.07) is 10.8. The Morgan fingerprint density at radius 1 is 1.18 bits per heavy atom. The number of rotatable bonds is 4. The van der Waals surface area contributed by atoms with Crippen LogP contribution in [0.1, 0.15) is 5.01 Å². The first kappa shape index (κ1) is 18.1. The lowest BCUT2D eigenvalue weighted by Crippen LogP contribution is -2.26. The number of anilines is 1. The number of thiazole rings is 1. The molecule has 0 saturated heterocycles. The lowest BCUT2D eigenvalue weighted by atomic mass is 10.1. The second-order valence-corrected chi connectivity index (χ2v) is 6.98. The van der Waals surface area contributed by atoms with Crippen LogP contribution in [0, 0.1) is 17.0 Å². The summed E-state index contributed by atoms with van der Waals surface area (Å²) in [5.74, 6) is -1.33. The molecule has 8 heteroatoms. The maximum Gasteiger partial charge on any atom is 0.160 e. The molecule has 0 aliphatic carbocycles. The Kier molecular flexibility index (Phi) is 4.56. The van der Waals surface area contributed by atoms with Crippen LogP contribution in [0.15, 0.2) is 53.6 Å². The fourth-order valence-corrected chi connectivity index (χ4v) is 3.88. The molecule has 4 rings (SSSR count). The van der Waals surface area contributed by atoms with Crippen molar-refractivity contribution in [2.45, 2.75) is 0 Å². The highest BCUT2D eigenvalue weighted by molar-refractivity contribution is 7.11. The number of hydrogen-bond donors (Lipinski definition) is 2. The van der Waals surface area contributed by atoms with Crippen molar-refractivity contribution in [2.75, 3.05) is 18.6 Å². The lowest BCUT2D eigenvalue weighted by molar-refractivity contribution is 0.411. The number of benzene rings is 2. The van der Waals surface area contributed by atoms with Gasteiger partial charge in [-0.2, -0.15) is 0 Å². The monoisotopic (exact) mass is 399 g/mol. The fourth-order valence-electron chi connectivity index (χ4n) is 2.98. The normalized spacial score (nSPS) is 14.1. The Bertz CT molecular complexity index is 1110. The third kappa shape index (κ3) is 3.11. The summed E-state index contributed by atoms with van der Waals surface area (Å²) in [6.45, 7) is -0.00663. The number of nitrogens with zero attached hydrogens (tertiary/aromatic N) is 2. The van der Waals surface area contributed by atoms with E-state index in [1.54, 1.807) is 7.11 Å². The number of amidine groups is 1. The molecule has 2 N–H and O–H groups in total. The molecule has 0 bridgehead atoms. The number of ether oxygens (including phenoxy) is 1. The molecule has 1 aliphatic heterocycles. The number of halogens is 2. The van der Waals surface area contributed by atoms with Crippen LogP contribution in [0.2, 0.25) is 0 Å². The second-order valence-electron chi connectivity index (χ2n) is 6.12. The highest BCUT2D eigenvalue weighted by atomic mass is 32.1. The van der Waals surface area contributed by atoms with E-state index in [9.17, 15) is 13.9 Å². The number of aromatic nitrogens is 1. The predicted molar refractivity (Wildman–Crippen MR) is 105 cm³/mol. The minimum atomic E-state index is -1.01. The van der Waals surface area contributed by atoms with Crippen LogP contribution < -0.4 is 9.64 Å². The van der Waals surface area contributed by atoms with Gasteiger partial charge in [0, 0.05) is 22.7 Å². The van der Waals surface area contributed by atoms with Gasteiger partial charge >= 0.3 is 0 Å². The number of methoxy groups -OCH3 is 1. The van der Waals surface area contributed by atoms with Gasteiger partial charge in [0.2, 0.25) is 0 Å². The van der Waals surface area contributed by atoms with Crippen molar-refractivity contribution in [1.29, 1.82) is 5.41 Å². The molecule has 0 atom stereocenters. The van der Waals surface area contributed by atoms with Crippen molar-refractivity contribution in [3.63, 3.8) is 0 Å². The highest BCUT2D eigenvalue weighted by Gasteiger charge is 2.31. The van der Waals surface area contributed by atoms with Crippen molar-refractivity contribution in [3.8, 4) is 17.0 Å². The van der Waals surface area contributed by atoms with Gasteiger partial charge < -0.3 is 14.7 Å². The first-order chi connectivity index (χ1) is 13.5. The van der Waals surface area contributed by atoms with Crippen LogP contribution in [0.4, 0.5) is 14.5 Å². The lowest BCUT2D eigenvalue weighted by Gasteiger charge is -2.18. The summed E-state index contributed by atoms with van der Waals surface area (Å²) in [5, 5.41) is 21.1. The van der Waals surface area contributed by atoms with Crippen LogP contribution in [0.25, 0.3) is 16.8 Å². The van der Waals surface area contributed by atoms with E-state index < -0.39 is 11.6 Å². The summed E-state index contributed by atoms with van der Waals surface area (Å²) in [6.07, 6.45) is 0. The van der Waals surface area contributed by atoms with Crippen LogP contribution in [0.3, 0.4) is 0 Å². The molecule has 2 aromatic carbocycles. The van der Waals surface area contributed by atoms with E-state index in [1.165, 1.54) is 22.3 Å². The van der Waals surface area contributed by atoms with Crippen molar-refractivity contribution in [2.24, 2.45) is 0 Å². The fraction of sp³-hybridized carbons (Fsp3) is 0.100. The minimum absolute atomic E-state index is 0.00663. The van der Waals surface area contributed by atoms with E-state index in [1.807, 2.05) is 29.6 Å². The van der Waals surface area contributed by atoms with E-state index in [0.717, 1.165) is 17.7 Å². The molecule has 1 aromatic heterocycles. The molecule has 0 saturated carbocycles. The largest absolute Gasteiger partial charge is 0.510 e. The molecule has 0 fully saturated rings. The summed E-state index contributed by atoms with van der Waals surface area (Å²) < 4.78 is 32.0. The quantitative estimate of drug-likeness (QED) is 0.657. The van der Waals surface area contributed by atoms with Gasteiger partial charge in [-0.25, -0.2) is 13.8 Å². The molecular formula is C20H15F2N3O2S. The summed E-state index contributed by atoms with van der Waals surface area (Å²) in [7, 11) is 1.58. The van der Waals surface area contributed by atoms with Gasteiger partial charge in [0.05, 0.1) is 24.9 Å². The van der Waals surface area contributed by atoms with E-state index in [4.69, 9.17) is 10.1 Å². The maximum absolute atomic E-state index is 13.6. The molecule has 0 unspecified atom stereocenters. The topological polar surface area (TPSA) is 69.4 Å². The minimum Gasteiger partial charge on any atom is -0.510 e. The number of aliphatic hydroxyl groups excluding tert-OH is 1. The predicted octanol–water partition coefficient (Wildman–Crippen LogP) is 4.86. The van der Waals surface area contributed by atoms with Crippen LogP contribution in [-0.2, 0) is 0 Å². The zero-order chi connectivity index (χ0) is 19.8. The van der Waals surface area contributed by atoms with Crippen molar-refractivity contribution < 1.29 is 18.6 Å². The van der Waals surface area contributed by atoms with Gasteiger partial charge in [0.15, 0.2) is 11.6 Å². The smallest absolute Gasteiger partial charge is 0.160 e. The zero-order valence-electron chi connectivity index (χ0n) is 14.7. The average molecular weight is 399 g/mol. The highest BCUT2D eigenvalue weighted by Crippen LogP contribution is 2.35. The van der Waals surface area contributed by atoms with Crippen molar-refractivity contribution in [1.82, 2.24) is 4.98 Å². The maximum atomic E-state index is 13.6.